The SMILES string of the molecule is CCOc1cccc([C@H]2O[C@H](CC(=O)N3CCC(CC(=O)OC(C)(C)C)CC3)c3nnc(C(F)(F)F)n3-c3ccc(C(F)(F)F)cc32)c1C(F)(F)F. The summed E-state index contributed by atoms with van der Waals surface area (Å²) in [6, 6.07) is 4.62. The topological polar surface area (TPSA) is 95.8 Å². The van der Waals surface area contributed by atoms with Gasteiger partial charge in [-0.05, 0) is 70.7 Å². The highest BCUT2D eigenvalue weighted by Crippen LogP contribution is 2.49. The summed E-state index contributed by atoms with van der Waals surface area (Å²) in [5, 5.41) is 6.85. The number of nitrogens with zero attached hydrogens (tertiary/aromatic N) is 4. The van der Waals surface area contributed by atoms with Gasteiger partial charge in [-0.1, -0.05) is 12.1 Å². The van der Waals surface area contributed by atoms with Crippen LogP contribution in [0.1, 0.15) is 99.5 Å². The predicted molar refractivity (Wildman–Crippen MR) is 164 cm³/mol. The maximum Gasteiger partial charge on any atom is 0.452 e. The Labute approximate surface area is 292 Å². The van der Waals surface area contributed by atoms with Crippen molar-refractivity contribution in [2.75, 3.05) is 19.7 Å². The summed E-state index contributed by atoms with van der Waals surface area (Å²) < 4.78 is 146. The van der Waals surface area contributed by atoms with Crippen LogP contribution in [0.25, 0.3) is 5.69 Å². The number of benzene rings is 2. The molecule has 1 saturated heterocycles. The lowest BCUT2D eigenvalue weighted by Gasteiger charge is -2.33. The van der Waals surface area contributed by atoms with E-state index in [1.54, 1.807) is 20.8 Å². The number of hydrogen-bond donors (Lipinski definition) is 0. The highest BCUT2D eigenvalue weighted by atomic mass is 19.4. The van der Waals surface area contributed by atoms with Crippen LogP contribution in [0.2, 0.25) is 0 Å². The fourth-order valence-electron chi connectivity index (χ4n) is 6.39. The number of alkyl halides is 9. The first kappa shape index (κ1) is 38.9. The van der Waals surface area contributed by atoms with Gasteiger partial charge in [0, 0.05) is 30.6 Å². The van der Waals surface area contributed by atoms with Crippen LogP contribution in [0.5, 0.6) is 5.75 Å². The van der Waals surface area contributed by atoms with E-state index in [4.69, 9.17) is 14.2 Å². The van der Waals surface area contributed by atoms with Crippen LogP contribution in [0.3, 0.4) is 0 Å². The van der Waals surface area contributed by atoms with Gasteiger partial charge in [0.25, 0.3) is 0 Å². The summed E-state index contributed by atoms with van der Waals surface area (Å²) in [6.45, 7) is 6.61. The number of carbonyl (C=O) groups excluding carboxylic acids is 2. The lowest BCUT2D eigenvalue weighted by atomic mass is 9.92. The first-order valence-corrected chi connectivity index (χ1v) is 16.3. The molecule has 2 aliphatic heterocycles. The van der Waals surface area contributed by atoms with Crippen LogP contribution >= 0.6 is 0 Å². The van der Waals surface area contributed by atoms with Gasteiger partial charge < -0.3 is 19.1 Å². The Balaban J connectivity index is 1.59. The number of aromatic nitrogens is 3. The Bertz CT molecular complexity index is 1790. The van der Waals surface area contributed by atoms with E-state index >= 15 is 0 Å². The van der Waals surface area contributed by atoms with Gasteiger partial charge in [-0.3, -0.25) is 14.2 Å². The second-order valence-electron chi connectivity index (χ2n) is 13.5. The summed E-state index contributed by atoms with van der Waals surface area (Å²) >= 11 is 0. The molecule has 3 heterocycles. The number of piperidine rings is 1. The first-order chi connectivity index (χ1) is 24.1. The number of amides is 1. The van der Waals surface area contributed by atoms with Crippen molar-refractivity contribution >= 4 is 11.9 Å². The van der Waals surface area contributed by atoms with Gasteiger partial charge in [-0.2, -0.15) is 39.5 Å². The van der Waals surface area contributed by atoms with E-state index in [2.05, 4.69) is 10.2 Å². The molecule has 2 aromatic carbocycles. The molecule has 18 heteroatoms. The fraction of sp³-hybridized carbons (Fsp3) is 0.529. The largest absolute Gasteiger partial charge is 0.493 e. The highest BCUT2D eigenvalue weighted by Gasteiger charge is 2.47. The third-order valence-electron chi connectivity index (χ3n) is 8.54. The quantitative estimate of drug-likeness (QED) is 0.177. The average molecular weight is 751 g/mol. The van der Waals surface area contributed by atoms with Crippen molar-refractivity contribution in [3.05, 3.63) is 70.3 Å². The van der Waals surface area contributed by atoms with Crippen molar-refractivity contribution < 1.29 is 63.3 Å². The standard InChI is InChI=1S/C34H35F9N4O5/c1-5-50-23-8-6-7-20(27(23)33(38,39)40)28-21-16-19(32(35,36)37)9-10-22(21)47-29(44-45-30(47)34(41,42)43)24(51-28)17-25(48)46-13-11-18(12-14-46)15-26(49)52-31(2,3)4/h6-10,16,18,24,28H,5,11-15,17H2,1-4H3/t24-,28-/m1/s1. The Morgan fingerprint density at radius 3 is 2.12 bits per heavy atom. The van der Waals surface area contributed by atoms with Gasteiger partial charge in [-0.15, -0.1) is 10.2 Å². The normalized spacial score (nSPS) is 18.8. The second-order valence-corrected chi connectivity index (χ2v) is 13.5. The smallest absolute Gasteiger partial charge is 0.452 e. The number of halogens is 9. The van der Waals surface area contributed by atoms with Gasteiger partial charge in [0.05, 0.1) is 24.3 Å². The fourth-order valence-corrected chi connectivity index (χ4v) is 6.39. The Morgan fingerprint density at radius 1 is 0.865 bits per heavy atom. The second kappa shape index (κ2) is 14.2. The molecule has 2 atom stereocenters. The molecule has 3 aromatic rings. The summed E-state index contributed by atoms with van der Waals surface area (Å²) in [5.74, 6) is -4.26. The lowest BCUT2D eigenvalue weighted by Crippen LogP contribution is -2.40. The van der Waals surface area contributed by atoms with Gasteiger partial charge in [0.1, 0.15) is 29.1 Å². The van der Waals surface area contributed by atoms with Crippen LogP contribution in [-0.2, 0) is 37.6 Å². The molecule has 5 rings (SSSR count). The van der Waals surface area contributed by atoms with Crippen LogP contribution in [-0.4, -0.2) is 56.8 Å². The zero-order valence-corrected chi connectivity index (χ0v) is 28.4. The van der Waals surface area contributed by atoms with Crippen molar-refractivity contribution in [3.63, 3.8) is 0 Å². The number of fused-ring (bicyclic) bond motifs is 3. The van der Waals surface area contributed by atoms with Crippen LogP contribution in [0, 0.1) is 5.92 Å². The number of hydrogen-bond acceptors (Lipinski definition) is 7. The summed E-state index contributed by atoms with van der Waals surface area (Å²) in [4.78, 5) is 27.4. The van der Waals surface area contributed by atoms with E-state index in [1.807, 2.05) is 0 Å². The number of rotatable bonds is 7. The van der Waals surface area contributed by atoms with Crippen LogP contribution in [0.4, 0.5) is 39.5 Å². The summed E-state index contributed by atoms with van der Waals surface area (Å²) in [5.41, 5.74) is -5.59. The third-order valence-corrected chi connectivity index (χ3v) is 8.54. The molecule has 0 aliphatic carbocycles. The molecule has 1 fully saturated rings. The Hall–Kier alpha value is -4.35. The summed E-state index contributed by atoms with van der Waals surface area (Å²) in [6.07, 6.45) is -19.3. The molecule has 1 aromatic heterocycles. The van der Waals surface area contributed by atoms with E-state index in [-0.39, 0.29) is 32.0 Å². The average Bonchev–Trinajstić information content (AvgIpc) is 3.42. The molecule has 0 radical (unpaired) electrons. The maximum absolute atomic E-state index is 14.7. The minimum atomic E-state index is -5.23. The van der Waals surface area contributed by atoms with Crippen LogP contribution < -0.4 is 4.74 Å². The minimum absolute atomic E-state index is 0.0938. The first-order valence-electron chi connectivity index (χ1n) is 16.3. The summed E-state index contributed by atoms with van der Waals surface area (Å²) in [7, 11) is 0. The van der Waals surface area contributed by atoms with E-state index < -0.39 is 100.0 Å². The zero-order valence-electron chi connectivity index (χ0n) is 28.4. The van der Waals surface area contributed by atoms with E-state index in [9.17, 15) is 49.1 Å². The molecule has 9 nitrogen and oxygen atoms in total. The van der Waals surface area contributed by atoms with Crippen molar-refractivity contribution in [1.29, 1.82) is 0 Å². The van der Waals surface area contributed by atoms with Crippen molar-refractivity contribution in [2.45, 2.75) is 89.7 Å². The number of esters is 1. The van der Waals surface area contributed by atoms with Crippen LogP contribution in [0.15, 0.2) is 36.4 Å². The van der Waals surface area contributed by atoms with Gasteiger partial charge in [0.2, 0.25) is 11.7 Å². The van der Waals surface area contributed by atoms with E-state index in [0.717, 1.165) is 18.2 Å². The predicted octanol–water partition coefficient (Wildman–Crippen LogP) is 8.24. The molecule has 52 heavy (non-hydrogen) atoms. The van der Waals surface area contributed by atoms with Gasteiger partial charge in [0.15, 0.2) is 5.82 Å². The molecule has 0 bridgehead atoms. The van der Waals surface area contributed by atoms with Crippen molar-refractivity contribution in [2.24, 2.45) is 5.92 Å². The molecule has 0 spiro atoms. The Kier molecular flexibility index (Phi) is 10.6. The molecule has 0 N–H and O–H groups in total. The highest BCUT2D eigenvalue weighted by molar-refractivity contribution is 5.77. The molecular weight excluding hydrogens is 715 g/mol. The Morgan fingerprint density at radius 2 is 1.54 bits per heavy atom. The molecule has 2 aliphatic rings. The monoisotopic (exact) mass is 750 g/mol. The third kappa shape index (κ3) is 8.47. The van der Waals surface area contributed by atoms with E-state index in [1.165, 1.54) is 11.8 Å². The molecule has 1 amide bonds. The zero-order chi connectivity index (χ0) is 38.4. The number of ether oxygens (including phenoxy) is 3. The molecule has 0 saturated carbocycles. The molecule has 0 unspecified atom stereocenters. The van der Waals surface area contributed by atoms with E-state index in [0.29, 0.717) is 35.6 Å². The molecular formula is C34H35F9N4O5. The number of carbonyl (C=O) groups is 2. The van der Waals surface area contributed by atoms with Crippen molar-refractivity contribution in [1.82, 2.24) is 19.7 Å². The number of likely N-dealkylation sites (tertiary alicyclic amines) is 1. The lowest BCUT2D eigenvalue weighted by molar-refractivity contribution is -0.156. The minimum Gasteiger partial charge on any atom is -0.493 e. The van der Waals surface area contributed by atoms with Crippen molar-refractivity contribution in [3.8, 4) is 11.4 Å². The molecule has 284 valence electrons. The van der Waals surface area contributed by atoms with Gasteiger partial charge in [-0.25, -0.2) is 0 Å². The van der Waals surface area contributed by atoms with Gasteiger partial charge >= 0.3 is 24.5 Å². The maximum atomic E-state index is 14.7.